The molecule has 2 aliphatic rings. The number of fused-ring (bicyclic) bond motifs is 1. The van der Waals surface area contributed by atoms with Crippen molar-refractivity contribution in [2.75, 3.05) is 31.1 Å². The number of carbonyl (C=O) groups is 1. The quantitative estimate of drug-likeness (QED) is 0.634. The first-order valence-electron chi connectivity index (χ1n) is 11.5. The van der Waals surface area contributed by atoms with Gasteiger partial charge in [0.15, 0.2) is 0 Å². The van der Waals surface area contributed by atoms with Crippen LogP contribution in [0.1, 0.15) is 25.7 Å². The fraction of sp³-hybridized carbons (Fsp3) is 0.458. The second-order valence-electron chi connectivity index (χ2n) is 8.86. The van der Waals surface area contributed by atoms with E-state index in [0.29, 0.717) is 29.3 Å². The van der Waals surface area contributed by atoms with E-state index in [1.54, 1.807) is 10.9 Å². The van der Waals surface area contributed by atoms with Crippen LogP contribution in [0.5, 0.6) is 0 Å². The summed E-state index contributed by atoms with van der Waals surface area (Å²) in [5.74, 6) is 1.82. The van der Waals surface area contributed by atoms with Gasteiger partial charge in [-0.15, -0.1) is 5.10 Å². The average molecular weight is 434 g/mol. The lowest BCUT2D eigenvalue weighted by Gasteiger charge is -2.38. The van der Waals surface area contributed by atoms with Crippen LogP contribution < -0.4 is 15.3 Å². The van der Waals surface area contributed by atoms with Gasteiger partial charge in [0.05, 0.1) is 5.39 Å². The summed E-state index contributed by atoms with van der Waals surface area (Å²) in [6.45, 7) is 3.86. The van der Waals surface area contributed by atoms with Crippen LogP contribution in [0.2, 0.25) is 0 Å². The van der Waals surface area contributed by atoms with Crippen molar-refractivity contribution in [2.24, 2.45) is 11.8 Å². The van der Waals surface area contributed by atoms with Gasteiger partial charge in [0.25, 0.3) is 0 Å². The number of carbonyl (C=O) groups excluding carboxylic acids is 1. The molecule has 5 rings (SSSR count). The fourth-order valence-electron chi connectivity index (χ4n) is 4.96. The van der Waals surface area contributed by atoms with Crippen molar-refractivity contribution < 1.29 is 9.59 Å². The molecule has 1 N–H and O–H groups in total. The molecule has 3 heterocycles. The molecule has 8 heteroatoms. The lowest BCUT2D eigenvalue weighted by atomic mass is 9.81. The molecule has 2 aromatic heterocycles. The van der Waals surface area contributed by atoms with E-state index >= 15 is 0 Å². The number of aromatic amines is 1. The molecule has 1 amide bonds. The third kappa shape index (κ3) is 4.35. The Labute approximate surface area is 186 Å². The highest BCUT2D eigenvalue weighted by atomic mass is 16.2. The van der Waals surface area contributed by atoms with Crippen LogP contribution in [0.3, 0.4) is 0 Å². The maximum atomic E-state index is 13.1. The van der Waals surface area contributed by atoms with E-state index in [1.807, 2.05) is 47.5 Å². The molecule has 1 aromatic carbocycles. The monoisotopic (exact) mass is 433 g/mol. The molecule has 1 aliphatic carbocycles. The van der Waals surface area contributed by atoms with Crippen molar-refractivity contribution in [2.45, 2.75) is 32.2 Å². The number of rotatable bonds is 4. The molecule has 0 bridgehead atoms. The summed E-state index contributed by atoms with van der Waals surface area (Å²) in [5.41, 5.74) is 0.606. The minimum absolute atomic E-state index is 0.107. The van der Waals surface area contributed by atoms with Crippen LogP contribution in [0.15, 0.2) is 53.5 Å². The number of anilines is 1. The number of pyridine rings is 1. The summed E-state index contributed by atoms with van der Waals surface area (Å²) in [5, 5.41) is 8.04. The molecule has 1 saturated carbocycles. The van der Waals surface area contributed by atoms with Crippen LogP contribution in [0.25, 0.3) is 10.9 Å². The number of aromatic nitrogens is 4. The van der Waals surface area contributed by atoms with E-state index in [0.717, 1.165) is 57.7 Å². The van der Waals surface area contributed by atoms with Crippen molar-refractivity contribution in [3.63, 3.8) is 0 Å². The molecule has 32 heavy (non-hydrogen) atoms. The number of nitrogens with zero attached hydrogens (tertiary/aromatic N) is 5. The smallest absolute Gasteiger partial charge is 0.309 e. The molecule has 1 aliphatic heterocycles. The SMILES string of the molecule is O=C(C1CCC(C[n+]2nc3ccccc3c(=O)[nH]2)CC1)N1CCN(c2ccccn2)CC1. The fourth-order valence-corrected chi connectivity index (χ4v) is 4.96. The predicted octanol–water partition coefficient (Wildman–Crippen LogP) is 1.76. The van der Waals surface area contributed by atoms with E-state index in [4.69, 9.17) is 0 Å². The number of H-pyrrole nitrogens is 1. The standard InChI is InChI=1S/C24H28N6O2/c31-23-20-5-1-2-6-21(20)26-30(27-23)17-18-8-10-19(11-9-18)24(32)29-15-13-28(14-16-29)22-7-3-4-12-25-22/h1-7,12,18-19H,8-11,13-17H2/p+1. The molecule has 0 atom stereocenters. The second-order valence-corrected chi connectivity index (χ2v) is 8.86. The Morgan fingerprint density at radius 1 is 1.00 bits per heavy atom. The number of benzene rings is 1. The van der Waals surface area contributed by atoms with Crippen molar-refractivity contribution in [1.82, 2.24) is 20.1 Å². The molecule has 0 spiro atoms. The van der Waals surface area contributed by atoms with Gasteiger partial charge in [-0.2, -0.15) is 0 Å². The predicted molar refractivity (Wildman–Crippen MR) is 121 cm³/mol. The van der Waals surface area contributed by atoms with E-state index in [2.05, 4.69) is 20.1 Å². The molecule has 166 valence electrons. The normalized spacial score (nSPS) is 21.6. The lowest BCUT2D eigenvalue weighted by Crippen LogP contribution is -2.51. The Morgan fingerprint density at radius 2 is 1.75 bits per heavy atom. The topological polar surface area (TPSA) is 86.1 Å². The summed E-state index contributed by atoms with van der Waals surface area (Å²) in [6.07, 6.45) is 5.58. The number of piperazine rings is 1. The summed E-state index contributed by atoms with van der Waals surface area (Å²) < 4.78 is 0. The Kier molecular flexibility index (Phi) is 5.83. The van der Waals surface area contributed by atoms with Gasteiger partial charge in [-0.05, 0) is 49.9 Å². The summed E-state index contributed by atoms with van der Waals surface area (Å²) in [7, 11) is 0. The Hall–Kier alpha value is -3.29. The van der Waals surface area contributed by atoms with Crippen LogP contribution in [0, 0.1) is 11.8 Å². The van der Waals surface area contributed by atoms with E-state index in [-0.39, 0.29) is 11.5 Å². The minimum Gasteiger partial charge on any atom is -0.353 e. The van der Waals surface area contributed by atoms with Gasteiger partial charge in [-0.25, -0.2) is 4.98 Å². The Morgan fingerprint density at radius 3 is 2.50 bits per heavy atom. The zero-order chi connectivity index (χ0) is 21.9. The largest absolute Gasteiger partial charge is 0.353 e. The first-order chi connectivity index (χ1) is 15.7. The van der Waals surface area contributed by atoms with Gasteiger partial charge in [0.2, 0.25) is 12.5 Å². The highest BCUT2D eigenvalue weighted by Gasteiger charge is 2.33. The highest BCUT2D eigenvalue weighted by molar-refractivity contribution is 5.79. The van der Waals surface area contributed by atoms with Gasteiger partial charge >= 0.3 is 5.56 Å². The zero-order valence-electron chi connectivity index (χ0n) is 18.2. The minimum atomic E-state index is -0.107. The molecular formula is C24H29N6O2+. The van der Waals surface area contributed by atoms with Crippen LogP contribution >= 0.6 is 0 Å². The zero-order valence-corrected chi connectivity index (χ0v) is 18.2. The molecule has 0 radical (unpaired) electrons. The highest BCUT2D eigenvalue weighted by Crippen LogP contribution is 2.30. The molecule has 3 aromatic rings. The molecular weight excluding hydrogens is 404 g/mol. The number of nitrogens with one attached hydrogen (secondary N) is 1. The summed E-state index contributed by atoms with van der Waals surface area (Å²) in [6, 6.07) is 13.3. The number of amides is 1. The van der Waals surface area contributed by atoms with Crippen molar-refractivity contribution in [1.29, 1.82) is 0 Å². The molecule has 2 fully saturated rings. The van der Waals surface area contributed by atoms with Gasteiger partial charge in [-0.1, -0.05) is 18.2 Å². The van der Waals surface area contributed by atoms with E-state index in [9.17, 15) is 9.59 Å². The Balaban J connectivity index is 1.13. The summed E-state index contributed by atoms with van der Waals surface area (Å²) >= 11 is 0. The number of hydrogen-bond donors (Lipinski definition) is 1. The van der Waals surface area contributed by atoms with E-state index in [1.165, 1.54) is 0 Å². The van der Waals surface area contributed by atoms with Crippen LogP contribution in [-0.2, 0) is 11.3 Å². The third-order valence-electron chi connectivity index (χ3n) is 6.80. The lowest BCUT2D eigenvalue weighted by molar-refractivity contribution is -0.811. The number of hydrogen-bond acceptors (Lipinski definition) is 5. The van der Waals surface area contributed by atoms with Gasteiger partial charge in [0.1, 0.15) is 11.3 Å². The second kappa shape index (κ2) is 9.06. The first kappa shape index (κ1) is 20.6. The van der Waals surface area contributed by atoms with Crippen molar-refractivity contribution >= 4 is 22.6 Å². The first-order valence-corrected chi connectivity index (χ1v) is 11.5. The maximum Gasteiger partial charge on any atom is 0.309 e. The van der Waals surface area contributed by atoms with E-state index < -0.39 is 0 Å². The van der Waals surface area contributed by atoms with Gasteiger partial charge < -0.3 is 9.80 Å². The van der Waals surface area contributed by atoms with Crippen LogP contribution in [0.4, 0.5) is 5.82 Å². The molecule has 8 nitrogen and oxygen atoms in total. The maximum absolute atomic E-state index is 13.1. The van der Waals surface area contributed by atoms with Gasteiger partial charge in [-0.3, -0.25) is 9.59 Å². The average Bonchev–Trinajstić information content (AvgIpc) is 2.85. The Bertz CT molecular complexity index is 1130. The van der Waals surface area contributed by atoms with Crippen molar-refractivity contribution in [3.8, 4) is 0 Å². The molecule has 1 saturated heterocycles. The van der Waals surface area contributed by atoms with Gasteiger partial charge in [0, 0.05) is 54.1 Å². The third-order valence-corrected chi connectivity index (χ3v) is 6.80. The van der Waals surface area contributed by atoms with Crippen LogP contribution in [-0.4, -0.2) is 52.2 Å². The van der Waals surface area contributed by atoms with Crippen molar-refractivity contribution in [3.05, 3.63) is 59.0 Å². The summed E-state index contributed by atoms with van der Waals surface area (Å²) in [4.78, 5) is 35.7. The molecule has 0 unspecified atom stereocenters.